The quantitative estimate of drug-likeness (QED) is 0.652. The van der Waals surface area contributed by atoms with Crippen LogP contribution in [0.5, 0.6) is 0 Å². The van der Waals surface area contributed by atoms with Crippen molar-refractivity contribution in [1.82, 2.24) is 25.2 Å². The van der Waals surface area contributed by atoms with Crippen molar-refractivity contribution in [2.75, 3.05) is 14.1 Å². The van der Waals surface area contributed by atoms with Crippen molar-refractivity contribution in [3.8, 4) is 0 Å². The summed E-state index contributed by atoms with van der Waals surface area (Å²) in [6, 6.07) is 12.7. The van der Waals surface area contributed by atoms with Crippen molar-refractivity contribution in [3.63, 3.8) is 0 Å². The van der Waals surface area contributed by atoms with Crippen LogP contribution in [0.4, 0.5) is 0 Å². The molecule has 0 saturated heterocycles. The number of aryl methyl sites for hydroxylation is 3. The van der Waals surface area contributed by atoms with Crippen LogP contribution in [-0.2, 0) is 32.4 Å². The van der Waals surface area contributed by atoms with Gasteiger partial charge in [0.05, 0.1) is 12.2 Å². The Morgan fingerprint density at radius 3 is 2.83 bits per heavy atom. The molecule has 1 aliphatic carbocycles. The monoisotopic (exact) mass is 407 g/mol. The van der Waals surface area contributed by atoms with E-state index in [4.69, 9.17) is 9.62 Å². The maximum Gasteiger partial charge on any atom is 0.271 e. The summed E-state index contributed by atoms with van der Waals surface area (Å²) in [6.07, 6.45) is 3.66. The number of likely N-dealkylation sites (N-methyl/N-ethyl adjacent to an activating group) is 1. The second-order valence-electron chi connectivity index (χ2n) is 8.06. The topological polar surface area (TPSA) is 76.2 Å². The second kappa shape index (κ2) is 8.83. The number of amides is 1. The number of hydrogen-bond donors (Lipinski definition) is 1. The van der Waals surface area contributed by atoms with Gasteiger partial charge in [-0.25, -0.2) is 0 Å². The maximum atomic E-state index is 12.5. The van der Waals surface area contributed by atoms with Gasteiger partial charge in [-0.15, -0.1) is 0 Å². The molecule has 7 heteroatoms. The van der Waals surface area contributed by atoms with Crippen LogP contribution in [0.15, 0.2) is 40.9 Å². The molecule has 30 heavy (non-hydrogen) atoms. The van der Waals surface area contributed by atoms with Gasteiger partial charge < -0.3 is 9.84 Å². The van der Waals surface area contributed by atoms with Crippen LogP contribution in [0.25, 0.3) is 0 Å². The SMILES string of the molecule is CNC(=O)c1nn(CCc2ccccc2)c2c1C[C@H](N(C)Cc1cc(C)no1)CC2. The highest BCUT2D eigenvalue weighted by Gasteiger charge is 2.30. The summed E-state index contributed by atoms with van der Waals surface area (Å²) in [5.41, 5.74) is 5.02. The lowest BCUT2D eigenvalue weighted by molar-refractivity contribution is 0.0955. The van der Waals surface area contributed by atoms with E-state index in [1.54, 1.807) is 7.05 Å². The lowest BCUT2D eigenvalue weighted by atomic mass is 9.90. The molecular formula is C23H29N5O2. The number of carbonyl (C=O) groups is 1. The lowest BCUT2D eigenvalue weighted by Crippen LogP contribution is -2.36. The summed E-state index contributed by atoms with van der Waals surface area (Å²) in [4.78, 5) is 14.8. The smallest absolute Gasteiger partial charge is 0.271 e. The van der Waals surface area contributed by atoms with E-state index in [0.29, 0.717) is 18.3 Å². The normalized spacial score (nSPS) is 15.9. The van der Waals surface area contributed by atoms with Gasteiger partial charge in [0.2, 0.25) is 0 Å². The molecule has 1 aliphatic rings. The summed E-state index contributed by atoms with van der Waals surface area (Å²) in [7, 11) is 3.77. The molecule has 3 aromatic rings. The minimum absolute atomic E-state index is 0.112. The molecule has 2 heterocycles. The van der Waals surface area contributed by atoms with Crippen molar-refractivity contribution < 1.29 is 9.32 Å². The first kappa shape index (κ1) is 20.3. The Morgan fingerprint density at radius 1 is 1.33 bits per heavy atom. The molecule has 1 N–H and O–H groups in total. The van der Waals surface area contributed by atoms with E-state index in [1.807, 2.05) is 23.7 Å². The average Bonchev–Trinajstić information content (AvgIpc) is 3.35. The van der Waals surface area contributed by atoms with E-state index in [-0.39, 0.29) is 5.91 Å². The zero-order valence-electron chi connectivity index (χ0n) is 17.9. The summed E-state index contributed by atoms with van der Waals surface area (Å²) in [6.45, 7) is 3.42. The number of rotatable bonds is 7. The summed E-state index contributed by atoms with van der Waals surface area (Å²) < 4.78 is 7.43. The molecule has 0 saturated carbocycles. The van der Waals surface area contributed by atoms with Crippen molar-refractivity contribution in [2.24, 2.45) is 0 Å². The Kier molecular flexibility index (Phi) is 5.99. The third-order valence-electron chi connectivity index (χ3n) is 5.92. The van der Waals surface area contributed by atoms with Crippen molar-refractivity contribution in [3.05, 3.63) is 70.4 Å². The van der Waals surface area contributed by atoms with Crippen molar-refractivity contribution >= 4 is 5.91 Å². The number of nitrogens with zero attached hydrogens (tertiary/aromatic N) is 4. The van der Waals surface area contributed by atoms with Crippen LogP contribution in [0.1, 0.15) is 45.2 Å². The van der Waals surface area contributed by atoms with E-state index in [2.05, 4.69) is 46.7 Å². The van der Waals surface area contributed by atoms with E-state index >= 15 is 0 Å². The molecule has 0 fully saturated rings. The van der Waals surface area contributed by atoms with Gasteiger partial charge in [0.25, 0.3) is 5.91 Å². The Bertz CT molecular complexity index is 1010. The van der Waals surface area contributed by atoms with Crippen LogP contribution in [0, 0.1) is 6.92 Å². The Morgan fingerprint density at radius 2 is 2.13 bits per heavy atom. The first-order valence-electron chi connectivity index (χ1n) is 10.5. The largest absolute Gasteiger partial charge is 0.360 e. The van der Waals surface area contributed by atoms with Crippen LogP contribution >= 0.6 is 0 Å². The fraction of sp³-hybridized carbons (Fsp3) is 0.435. The van der Waals surface area contributed by atoms with Crippen LogP contribution < -0.4 is 5.32 Å². The molecular weight excluding hydrogens is 378 g/mol. The van der Waals surface area contributed by atoms with Crippen LogP contribution in [-0.4, -0.2) is 45.9 Å². The zero-order valence-corrected chi connectivity index (χ0v) is 17.9. The van der Waals surface area contributed by atoms with Crippen LogP contribution in [0.2, 0.25) is 0 Å². The fourth-order valence-electron chi connectivity index (χ4n) is 4.28. The summed E-state index contributed by atoms with van der Waals surface area (Å²) in [5.74, 6) is 0.754. The number of aromatic nitrogens is 3. The molecule has 0 radical (unpaired) electrons. The maximum absolute atomic E-state index is 12.5. The van der Waals surface area contributed by atoms with E-state index in [9.17, 15) is 4.79 Å². The number of nitrogens with one attached hydrogen (secondary N) is 1. The number of carbonyl (C=O) groups excluding carboxylic acids is 1. The van der Waals surface area contributed by atoms with Crippen molar-refractivity contribution in [1.29, 1.82) is 0 Å². The predicted octanol–water partition coefficient (Wildman–Crippen LogP) is 2.77. The molecule has 4 rings (SSSR count). The number of hydrogen-bond acceptors (Lipinski definition) is 5. The third-order valence-corrected chi connectivity index (χ3v) is 5.92. The minimum Gasteiger partial charge on any atom is -0.360 e. The molecule has 7 nitrogen and oxygen atoms in total. The molecule has 1 amide bonds. The highest BCUT2D eigenvalue weighted by molar-refractivity contribution is 5.93. The third kappa shape index (κ3) is 4.31. The Labute approximate surface area is 177 Å². The molecule has 1 aromatic carbocycles. The Balaban J connectivity index is 1.52. The molecule has 0 unspecified atom stereocenters. The van der Waals surface area contributed by atoms with Gasteiger partial charge >= 0.3 is 0 Å². The first-order chi connectivity index (χ1) is 14.5. The molecule has 0 bridgehead atoms. The highest BCUT2D eigenvalue weighted by atomic mass is 16.5. The molecule has 0 aliphatic heterocycles. The first-order valence-corrected chi connectivity index (χ1v) is 10.5. The van der Waals surface area contributed by atoms with Crippen molar-refractivity contribution in [2.45, 2.75) is 51.7 Å². The summed E-state index contributed by atoms with van der Waals surface area (Å²) in [5, 5.41) is 11.4. The summed E-state index contributed by atoms with van der Waals surface area (Å²) >= 11 is 0. The van der Waals surface area contributed by atoms with Gasteiger partial charge in [0.15, 0.2) is 11.5 Å². The van der Waals surface area contributed by atoms with Gasteiger partial charge in [0, 0.05) is 37.0 Å². The predicted molar refractivity (Wildman–Crippen MR) is 114 cm³/mol. The lowest BCUT2D eigenvalue weighted by Gasteiger charge is -2.31. The van der Waals surface area contributed by atoms with Gasteiger partial charge in [-0.1, -0.05) is 35.5 Å². The molecule has 0 spiro atoms. The van der Waals surface area contributed by atoms with Gasteiger partial charge in [0.1, 0.15) is 0 Å². The van der Waals surface area contributed by atoms with Gasteiger partial charge in [-0.3, -0.25) is 14.4 Å². The van der Waals surface area contributed by atoms with E-state index < -0.39 is 0 Å². The van der Waals surface area contributed by atoms with Gasteiger partial charge in [-0.05, 0) is 45.2 Å². The molecule has 2 aromatic heterocycles. The number of benzene rings is 1. The average molecular weight is 408 g/mol. The van der Waals surface area contributed by atoms with Gasteiger partial charge in [-0.2, -0.15) is 5.10 Å². The Hall–Kier alpha value is -2.93. The van der Waals surface area contributed by atoms with Crippen LogP contribution in [0.3, 0.4) is 0 Å². The fourth-order valence-corrected chi connectivity index (χ4v) is 4.28. The van der Waals surface area contributed by atoms with E-state index in [0.717, 1.165) is 49.2 Å². The minimum atomic E-state index is -0.112. The second-order valence-corrected chi connectivity index (χ2v) is 8.06. The van der Waals surface area contributed by atoms with E-state index in [1.165, 1.54) is 11.3 Å². The number of fused-ring (bicyclic) bond motifs is 1. The molecule has 1 atom stereocenters. The molecule has 158 valence electrons. The zero-order chi connectivity index (χ0) is 21.1. The highest BCUT2D eigenvalue weighted by Crippen LogP contribution is 2.28. The standard InChI is InChI=1S/C23H29N5O2/c1-16-13-19(30-26-16)15-27(3)18-9-10-21-20(14-18)22(23(29)24-2)25-28(21)12-11-17-7-5-4-6-8-17/h4-8,13,18H,9-12,14-15H2,1-3H3,(H,24,29)/t18-/m1/s1.